The molecule has 7 heteroatoms. The van der Waals surface area contributed by atoms with Gasteiger partial charge in [-0.3, -0.25) is 9.59 Å². The molecular weight excluding hydrogens is 403 g/mol. The van der Waals surface area contributed by atoms with Crippen molar-refractivity contribution in [2.45, 2.75) is 19.5 Å². The quantitative estimate of drug-likeness (QED) is 0.499. The summed E-state index contributed by atoms with van der Waals surface area (Å²) < 4.78 is 15.1. The molecule has 2 aromatic carbocycles. The van der Waals surface area contributed by atoms with Crippen molar-refractivity contribution in [3.63, 3.8) is 0 Å². The van der Waals surface area contributed by atoms with Gasteiger partial charge in [-0.15, -0.1) is 11.3 Å². The van der Waals surface area contributed by atoms with E-state index < -0.39 is 17.5 Å². The summed E-state index contributed by atoms with van der Waals surface area (Å²) in [5.41, 5.74) is 1.31. The van der Waals surface area contributed by atoms with E-state index in [0.29, 0.717) is 15.8 Å². The minimum atomic E-state index is -0.675. The second-order valence-corrected chi connectivity index (χ2v) is 7.90. The van der Waals surface area contributed by atoms with Gasteiger partial charge in [0, 0.05) is 0 Å². The first-order valence-electron chi connectivity index (χ1n) is 9.39. The molecule has 2 aromatic heterocycles. The average molecular weight is 422 g/mol. The van der Waals surface area contributed by atoms with E-state index >= 15 is 0 Å². The van der Waals surface area contributed by atoms with Gasteiger partial charge in [-0.25, -0.2) is 4.39 Å². The number of rotatable bonds is 5. The number of pyridine rings is 1. The molecule has 1 atom stereocenters. The van der Waals surface area contributed by atoms with Crippen LogP contribution in [0.5, 0.6) is 5.75 Å². The van der Waals surface area contributed by atoms with Crippen LogP contribution < -0.4 is 10.9 Å². The van der Waals surface area contributed by atoms with Crippen LogP contribution >= 0.6 is 11.3 Å². The molecule has 4 aromatic rings. The molecule has 0 saturated carbocycles. The van der Waals surface area contributed by atoms with E-state index in [2.05, 4.69) is 5.32 Å². The van der Waals surface area contributed by atoms with Crippen LogP contribution in [0.1, 0.15) is 34.5 Å². The van der Waals surface area contributed by atoms with Crippen molar-refractivity contribution < 1.29 is 14.3 Å². The summed E-state index contributed by atoms with van der Waals surface area (Å²) >= 11 is 1.26. The van der Waals surface area contributed by atoms with Gasteiger partial charge >= 0.3 is 0 Å². The number of nitrogens with one attached hydrogen (secondary N) is 1. The monoisotopic (exact) mass is 422 g/mol. The Kier molecular flexibility index (Phi) is 5.37. The number of amides is 1. The molecule has 0 bridgehead atoms. The van der Waals surface area contributed by atoms with Crippen LogP contribution in [-0.4, -0.2) is 15.6 Å². The van der Waals surface area contributed by atoms with Crippen LogP contribution in [0, 0.1) is 5.82 Å². The van der Waals surface area contributed by atoms with Gasteiger partial charge in [-0.2, -0.15) is 0 Å². The third-order valence-electron chi connectivity index (χ3n) is 4.97. The number of thiophene rings is 1. The molecule has 2 heterocycles. The molecule has 0 fully saturated rings. The Morgan fingerprint density at radius 3 is 2.53 bits per heavy atom. The smallest absolute Gasteiger partial charge is 0.268 e. The molecule has 0 aliphatic heterocycles. The molecule has 1 unspecified atom stereocenters. The Balaban J connectivity index is 1.74. The lowest BCUT2D eigenvalue weighted by Gasteiger charge is -2.16. The first kappa shape index (κ1) is 19.8. The average Bonchev–Trinajstić information content (AvgIpc) is 3.22. The van der Waals surface area contributed by atoms with Crippen molar-refractivity contribution in [3.8, 4) is 5.75 Å². The summed E-state index contributed by atoms with van der Waals surface area (Å²) in [6.07, 6.45) is 0. The largest absolute Gasteiger partial charge is 0.505 e. The standard InChI is InChI=1S/C23H19FN2O3S/c1-14(16-7-9-17(24)10-8-16)25-22(28)19-20(27)21-18(11-12-30-21)26(23(19)29)13-15-5-3-2-4-6-15/h2-12,14,27H,13H2,1H3,(H,25,28). The summed E-state index contributed by atoms with van der Waals surface area (Å²) in [5.74, 6) is -1.37. The SMILES string of the molecule is CC(NC(=O)c1c(O)c2sccc2n(Cc2ccccc2)c1=O)c1ccc(F)cc1. The normalized spacial score (nSPS) is 12.1. The Labute approximate surface area is 176 Å². The molecule has 0 saturated heterocycles. The molecular formula is C23H19FN2O3S. The summed E-state index contributed by atoms with van der Waals surface area (Å²) in [7, 11) is 0. The maximum absolute atomic E-state index is 13.2. The lowest BCUT2D eigenvalue weighted by atomic mass is 10.1. The number of aromatic nitrogens is 1. The van der Waals surface area contributed by atoms with Crippen LogP contribution in [-0.2, 0) is 6.54 Å². The number of fused-ring (bicyclic) bond motifs is 1. The molecule has 2 N–H and O–H groups in total. The van der Waals surface area contributed by atoms with E-state index in [1.54, 1.807) is 30.5 Å². The molecule has 0 spiro atoms. The lowest BCUT2D eigenvalue weighted by Crippen LogP contribution is -2.34. The molecule has 30 heavy (non-hydrogen) atoms. The summed E-state index contributed by atoms with van der Waals surface area (Å²) in [4.78, 5) is 26.2. The van der Waals surface area contributed by atoms with E-state index in [1.165, 1.54) is 28.0 Å². The summed E-state index contributed by atoms with van der Waals surface area (Å²) in [5, 5.41) is 15.2. The van der Waals surface area contributed by atoms with Crippen molar-refractivity contribution in [3.05, 3.63) is 98.9 Å². The number of hydrogen-bond donors (Lipinski definition) is 2. The zero-order chi connectivity index (χ0) is 21.3. The Morgan fingerprint density at radius 1 is 1.13 bits per heavy atom. The topological polar surface area (TPSA) is 71.3 Å². The highest BCUT2D eigenvalue weighted by Crippen LogP contribution is 2.31. The summed E-state index contributed by atoms with van der Waals surface area (Å²) in [6, 6.07) is 16.5. The number of halogens is 1. The predicted molar refractivity (Wildman–Crippen MR) is 116 cm³/mol. The van der Waals surface area contributed by atoms with Gasteiger partial charge in [-0.1, -0.05) is 42.5 Å². The number of carbonyl (C=O) groups is 1. The maximum atomic E-state index is 13.2. The third kappa shape index (κ3) is 3.71. The Hall–Kier alpha value is -3.45. The van der Waals surface area contributed by atoms with Crippen molar-refractivity contribution in [2.24, 2.45) is 0 Å². The molecule has 5 nitrogen and oxygen atoms in total. The molecule has 0 radical (unpaired) electrons. The first-order chi connectivity index (χ1) is 14.5. The highest BCUT2D eigenvalue weighted by atomic mass is 32.1. The van der Waals surface area contributed by atoms with Gasteiger partial charge in [0.15, 0.2) is 5.75 Å². The second kappa shape index (κ2) is 8.12. The van der Waals surface area contributed by atoms with Crippen LogP contribution in [0.2, 0.25) is 0 Å². The first-order valence-corrected chi connectivity index (χ1v) is 10.3. The van der Waals surface area contributed by atoms with Gasteiger partial charge in [-0.05, 0) is 41.6 Å². The number of carbonyl (C=O) groups excluding carboxylic acids is 1. The van der Waals surface area contributed by atoms with E-state index in [0.717, 1.165) is 5.56 Å². The molecule has 152 valence electrons. The highest BCUT2D eigenvalue weighted by Gasteiger charge is 2.24. The van der Waals surface area contributed by atoms with Crippen LogP contribution in [0.25, 0.3) is 10.2 Å². The van der Waals surface area contributed by atoms with Gasteiger partial charge < -0.3 is 15.0 Å². The van der Waals surface area contributed by atoms with Gasteiger partial charge in [0.1, 0.15) is 11.4 Å². The third-order valence-corrected chi connectivity index (χ3v) is 5.88. The second-order valence-electron chi connectivity index (χ2n) is 6.98. The fourth-order valence-corrected chi connectivity index (χ4v) is 4.23. The number of aromatic hydroxyl groups is 1. The fourth-order valence-electron chi connectivity index (χ4n) is 3.38. The Bertz CT molecular complexity index is 1260. The zero-order valence-electron chi connectivity index (χ0n) is 16.1. The number of hydrogen-bond acceptors (Lipinski definition) is 4. The van der Waals surface area contributed by atoms with Crippen molar-refractivity contribution >= 4 is 27.5 Å². The van der Waals surface area contributed by atoms with Crippen LogP contribution in [0.4, 0.5) is 4.39 Å². The fraction of sp³-hybridized carbons (Fsp3) is 0.130. The van der Waals surface area contributed by atoms with E-state index in [1.807, 2.05) is 30.3 Å². The minimum Gasteiger partial charge on any atom is -0.505 e. The highest BCUT2D eigenvalue weighted by molar-refractivity contribution is 7.17. The number of nitrogens with zero attached hydrogens (tertiary/aromatic N) is 1. The number of benzene rings is 2. The predicted octanol–water partition coefficient (Wildman–Crippen LogP) is 4.45. The molecule has 0 aliphatic rings. The van der Waals surface area contributed by atoms with E-state index in [9.17, 15) is 19.1 Å². The maximum Gasteiger partial charge on any atom is 0.268 e. The molecule has 0 aliphatic carbocycles. The van der Waals surface area contributed by atoms with Gasteiger partial charge in [0.25, 0.3) is 11.5 Å². The lowest BCUT2D eigenvalue weighted by molar-refractivity contribution is 0.0935. The van der Waals surface area contributed by atoms with Crippen molar-refractivity contribution in [1.82, 2.24) is 9.88 Å². The van der Waals surface area contributed by atoms with Crippen molar-refractivity contribution in [2.75, 3.05) is 0 Å². The van der Waals surface area contributed by atoms with Gasteiger partial charge in [0.2, 0.25) is 0 Å². The van der Waals surface area contributed by atoms with E-state index in [4.69, 9.17) is 0 Å². The summed E-state index contributed by atoms with van der Waals surface area (Å²) in [6.45, 7) is 2.01. The van der Waals surface area contributed by atoms with Crippen LogP contribution in [0.3, 0.4) is 0 Å². The minimum absolute atomic E-state index is 0.279. The van der Waals surface area contributed by atoms with Crippen LogP contribution in [0.15, 0.2) is 70.8 Å². The zero-order valence-corrected chi connectivity index (χ0v) is 16.9. The van der Waals surface area contributed by atoms with E-state index in [-0.39, 0.29) is 23.7 Å². The van der Waals surface area contributed by atoms with Crippen molar-refractivity contribution in [1.29, 1.82) is 0 Å². The van der Waals surface area contributed by atoms with Gasteiger partial charge in [0.05, 0.1) is 22.8 Å². The molecule has 4 rings (SSSR count). The molecule has 1 amide bonds. The Morgan fingerprint density at radius 2 is 1.83 bits per heavy atom.